The number of carbonyl (C=O) groups is 1. The second kappa shape index (κ2) is 9.53. The van der Waals surface area contributed by atoms with E-state index in [1.54, 1.807) is 0 Å². The maximum atomic E-state index is 12.0. The van der Waals surface area contributed by atoms with Crippen LogP contribution in [0.5, 0.6) is 0 Å². The Morgan fingerprint density at radius 1 is 1.08 bits per heavy atom. The molecule has 0 spiro atoms. The van der Waals surface area contributed by atoms with E-state index in [1.165, 1.54) is 6.20 Å². The second-order valence-corrected chi connectivity index (χ2v) is 6.08. The van der Waals surface area contributed by atoms with Gasteiger partial charge in [-0.3, -0.25) is 4.79 Å². The maximum absolute atomic E-state index is 12.0. The van der Waals surface area contributed by atoms with Crippen molar-refractivity contribution in [3.63, 3.8) is 0 Å². The summed E-state index contributed by atoms with van der Waals surface area (Å²) in [5.74, 6) is -0.364. The molecular weight excluding hydrogens is 366 g/mol. The smallest absolute Gasteiger partial charge is 0.263 e. The van der Waals surface area contributed by atoms with Gasteiger partial charge in [-0.2, -0.15) is 5.26 Å². The summed E-state index contributed by atoms with van der Waals surface area (Å²) in [6.07, 6.45) is 2.19. The molecule has 0 fully saturated rings. The number of halogens is 1. The number of nitriles is 1. The third-order valence-electron chi connectivity index (χ3n) is 3.37. The molecule has 0 aliphatic carbocycles. The fourth-order valence-electron chi connectivity index (χ4n) is 2.08. The number of hydrogen-bond acceptors (Lipinski definition) is 3. The normalized spacial score (nSPS) is 10.8. The third-order valence-corrected chi connectivity index (χ3v) is 3.90. The molecule has 0 aliphatic rings. The summed E-state index contributed by atoms with van der Waals surface area (Å²) < 4.78 is 1.01. The average Bonchev–Trinajstić information content (AvgIpc) is 2.61. The van der Waals surface area contributed by atoms with Crippen LogP contribution in [-0.2, 0) is 17.8 Å². The Morgan fingerprint density at radius 2 is 1.79 bits per heavy atom. The van der Waals surface area contributed by atoms with Gasteiger partial charge in [-0.15, -0.1) is 0 Å². The molecule has 4 nitrogen and oxygen atoms in total. The van der Waals surface area contributed by atoms with Gasteiger partial charge in [0.2, 0.25) is 0 Å². The van der Waals surface area contributed by atoms with Crippen molar-refractivity contribution in [2.45, 2.75) is 13.0 Å². The van der Waals surface area contributed by atoms with E-state index in [-0.39, 0.29) is 11.5 Å². The fourth-order valence-corrected chi connectivity index (χ4v) is 2.35. The molecule has 2 aromatic rings. The summed E-state index contributed by atoms with van der Waals surface area (Å²) in [5.41, 5.74) is 2.28. The monoisotopic (exact) mass is 383 g/mol. The van der Waals surface area contributed by atoms with Crippen molar-refractivity contribution >= 4 is 21.8 Å². The van der Waals surface area contributed by atoms with Crippen LogP contribution >= 0.6 is 15.9 Å². The second-order valence-electron chi connectivity index (χ2n) is 5.17. The summed E-state index contributed by atoms with van der Waals surface area (Å²) in [5, 5.41) is 14.9. The molecule has 0 bridgehead atoms. The number of hydrogen-bond donors (Lipinski definition) is 2. The Balaban J connectivity index is 1.80. The number of rotatable bonds is 7. The predicted octanol–water partition coefficient (Wildman–Crippen LogP) is 3.31. The maximum Gasteiger partial charge on any atom is 0.263 e. The van der Waals surface area contributed by atoms with Crippen LogP contribution in [0.1, 0.15) is 11.1 Å². The molecule has 24 heavy (non-hydrogen) atoms. The minimum atomic E-state index is -0.364. The van der Waals surface area contributed by atoms with Gasteiger partial charge in [-0.25, -0.2) is 0 Å². The van der Waals surface area contributed by atoms with Crippen LogP contribution in [-0.4, -0.2) is 12.5 Å². The van der Waals surface area contributed by atoms with E-state index in [0.717, 1.165) is 22.0 Å². The van der Waals surface area contributed by atoms with Gasteiger partial charge >= 0.3 is 0 Å². The van der Waals surface area contributed by atoms with Crippen LogP contribution < -0.4 is 10.6 Å². The number of benzene rings is 2. The van der Waals surface area contributed by atoms with Crippen molar-refractivity contribution in [2.24, 2.45) is 0 Å². The molecule has 0 saturated carbocycles. The van der Waals surface area contributed by atoms with Gasteiger partial charge in [-0.05, 0) is 29.7 Å². The lowest BCUT2D eigenvalue weighted by Crippen LogP contribution is -2.27. The molecule has 0 aromatic heterocycles. The number of carbonyl (C=O) groups excluding carboxylic acids is 1. The van der Waals surface area contributed by atoms with Crippen molar-refractivity contribution in [1.82, 2.24) is 10.6 Å². The molecule has 0 unspecified atom stereocenters. The summed E-state index contributed by atoms with van der Waals surface area (Å²) >= 11 is 3.38. The van der Waals surface area contributed by atoms with Gasteiger partial charge in [0.1, 0.15) is 11.6 Å². The molecule has 2 aromatic carbocycles. The molecule has 0 aliphatic heterocycles. The van der Waals surface area contributed by atoms with E-state index in [2.05, 4.69) is 26.6 Å². The van der Waals surface area contributed by atoms with Crippen molar-refractivity contribution in [2.75, 3.05) is 6.54 Å². The number of nitrogens with one attached hydrogen (secondary N) is 2. The van der Waals surface area contributed by atoms with Crippen molar-refractivity contribution in [3.8, 4) is 6.07 Å². The molecule has 0 atom stereocenters. The van der Waals surface area contributed by atoms with Crippen molar-refractivity contribution < 1.29 is 4.79 Å². The first-order valence-electron chi connectivity index (χ1n) is 7.59. The molecule has 0 saturated heterocycles. The Labute approximate surface area is 150 Å². The Morgan fingerprint density at radius 3 is 2.46 bits per heavy atom. The lowest BCUT2D eigenvalue weighted by molar-refractivity contribution is -0.117. The molecule has 2 rings (SSSR count). The molecule has 5 heteroatoms. The van der Waals surface area contributed by atoms with E-state index < -0.39 is 0 Å². The van der Waals surface area contributed by atoms with Crippen LogP contribution in [0.2, 0.25) is 0 Å². The van der Waals surface area contributed by atoms with E-state index in [4.69, 9.17) is 5.26 Å². The van der Waals surface area contributed by atoms with E-state index >= 15 is 0 Å². The summed E-state index contributed by atoms with van der Waals surface area (Å²) in [7, 11) is 0. The predicted molar refractivity (Wildman–Crippen MR) is 97.8 cm³/mol. The largest absolute Gasteiger partial charge is 0.386 e. The molecule has 2 N–H and O–H groups in total. The first kappa shape index (κ1) is 17.8. The van der Waals surface area contributed by atoms with Gasteiger partial charge < -0.3 is 10.6 Å². The summed E-state index contributed by atoms with van der Waals surface area (Å²) in [6, 6.07) is 19.6. The van der Waals surface area contributed by atoms with Crippen LogP contribution in [0, 0.1) is 11.3 Å². The van der Waals surface area contributed by atoms with Crippen LogP contribution in [0.4, 0.5) is 0 Å². The Bertz CT molecular complexity index is 733. The molecule has 0 heterocycles. The van der Waals surface area contributed by atoms with E-state index in [1.807, 2.05) is 60.7 Å². The van der Waals surface area contributed by atoms with Crippen molar-refractivity contribution in [3.05, 3.63) is 82.0 Å². The van der Waals surface area contributed by atoms with Gasteiger partial charge in [0.25, 0.3) is 5.91 Å². The van der Waals surface area contributed by atoms with Gasteiger partial charge in [-0.1, -0.05) is 58.4 Å². The minimum Gasteiger partial charge on any atom is -0.386 e. The highest BCUT2D eigenvalue weighted by atomic mass is 79.9. The molecule has 0 radical (unpaired) electrons. The van der Waals surface area contributed by atoms with Crippen LogP contribution in [0.3, 0.4) is 0 Å². The van der Waals surface area contributed by atoms with Crippen LogP contribution in [0.25, 0.3) is 0 Å². The number of nitrogens with zero attached hydrogens (tertiary/aromatic N) is 1. The minimum absolute atomic E-state index is 0.0696. The zero-order valence-corrected chi connectivity index (χ0v) is 14.7. The highest BCUT2D eigenvalue weighted by molar-refractivity contribution is 9.10. The third kappa shape index (κ3) is 5.90. The van der Waals surface area contributed by atoms with Crippen LogP contribution in [0.15, 0.2) is 70.8 Å². The first-order chi connectivity index (χ1) is 11.7. The van der Waals surface area contributed by atoms with E-state index in [0.29, 0.717) is 13.1 Å². The molecule has 1 amide bonds. The SMILES string of the molecule is N#C/C(=C/NCc1ccc(Br)cc1)C(=O)NCCc1ccccc1. The molecule has 122 valence electrons. The lowest BCUT2D eigenvalue weighted by atomic mass is 10.1. The quantitative estimate of drug-likeness (QED) is 0.569. The number of amides is 1. The average molecular weight is 384 g/mol. The first-order valence-corrected chi connectivity index (χ1v) is 8.38. The molecular formula is C19H18BrN3O. The summed E-state index contributed by atoms with van der Waals surface area (Å²) in [6.45, 7) is 1.05. The fraction of sp³-hybridized carbons (Fsp3) is 0.158. The Hall–Kier alpha value is -2.58. The van der Waals surface area contributed by atoms with E-state index in [9.17, 15) is 4.79 Å². The highest BCUT2D eigenvalue weighted by Crippen LogP contribution is 2.10. The zero-order valence-electron chi connectivity index (χ0n) is 13.1. The van der Waals surface area contributed by atoms with Gasteiger partial charge in [0, 0.05) is 23.8 Å². The van der Waals surface area contributed by atoms with Gasteiger partial charge in [0.15, 0.2) is 0 Å². The highest BCUT2D eigenvalue weighted by Gasteiger charge is 2.07. The Kier molecular flexibility index (Phi) is 7.06. The standard InChI is InChI=1S/C19H18BrN3O/c20-18-8-6-16(7-9-18)13-22-14-17(12-21)19(24)23-11-10-15-4-2-1-3-5-15/h1-9,14,22H,10-11,13H2,(H,23,24)/b17-14-. The zero-order chi connectivity index (χ0) is 17.2. The van der Waals surface area contributed by atoms with Crippen molar-refractivity contribution in [1.29, 1.82) is 5.26 Å². The lowest BCUT2D eigenvalue weighted by Gasteiger charge is -2.06. The topological polar surface area (TPSA) is 64.9 Å². The van der Waals surface area contributed by atoms with Gasteiger partial charge in [0.05, 0.1) is 0 Å². The summed E-state index contributed by atoms with van der Waals surface area (Å²) in [4.78, 5) is 12.0.